The van der Waals surface area contributed by atoms with E-state index in [1.165, 1.54) is 0 Å². The average molecular weight is 331 g/mol. The second kappa shape index (κ2) is 8.56. The van der Waals surface area contributed by atoms with Crippen LogP contribution in [-0.2, 0) is 4.74 Å². The number of nitrogens with zero attached hydrogens (tertiary/aromatic N) is 1. The van der Waals surface area contributed by atoms with Crippen LogP contribution >= 0.6 is 0 Å². The SMILES string of the molecule is C[N+](C)(C)CC(O)CNC1[C@H](O)OC(CO)[C@@H](O)[C@H]1O.[Cl-]. The molecule has 6 N–H and O–H groups in total. The Kier molecular flexibility index (Phi) is 8.55. The maximum Gasteiger partial charge on any atom is 0.173 e. The van der Waals surface area contributed by atoms with Gasteiger partial charge in [0.05, 0.1) is 33.8 Å². The lowest BCUT2D eigenvalue weighted by molar-refractivity contribution is -0.873. The van der Waals surface area contributed by atoms with Crippen LogP contribution in [0.2, 0.25) is 0 Å². The summed E-state index contributed by atoms with van der Waals surface area (Å²) in [7, 11) is 5.81. The van der Waals surface area contributed by atoms with Crippen LogP contribution in [0.3, 0.4) is 0 Å². The molecular formula is C12H27ClN2O6. The quantitative estimate of drug-likeness (QED) is 0.268. The molecule has 0 bridgehead atoms. The number of hydrogen-bond acceptors (Lipinski definition) is 7. The van der Waals surface area contributed by atoms with E-state index in [0.29, 0.717) is 11.0 Å². The Balaban J connectivity index is 0.00000400. The number of ether oxygens (including phenoxy) is 1. The second-order valence-corrected chi connectivity index (χ2v) is 6.29. The fourth-order valence-corrected chi connectivity index (χ4v) is 2.29. The molecule has 1 rings (SSSR count). The van der Waals surface area contributed by atoms with Gasteiger partial charge in [0, 0.05) is 6.54 Å². The zero-order chi connectivity index (χ0) is 15.5. The van der Waals surface area contributed by atoms with E-state index in [0.717, 1.165) is 0 Å². The van der Waals surface area contributed by atoms with Crippen molar-refractivity contribution in [2.45, 2.75) is 36.7 Å². The Hall–Kier alpha value is -0.0300. The number of hydrogen-bond donors (Lipinski definition) is 6. The van der Waals surface area contributed by atoms with E-state index in [4.69, 9.17) is 9.84 Å². The summed E-state index contributed by atoms with van der Waals surface area (Å²) in [6.07, 6.45) is -5.62. The van der Waals surface area contributed by atoms with Gasteiger partial charge in [-0.1, -0.05) is 0 Å². The van der Waals surface area contributed by atoms with Crippen molar-refractivity contribution in [3.63, 3.8) is 0 Å². The largest absolute Gasteiger partial charge is 1.00 e. The molecule has 8 nitrogen and oxygen atoms in total. The summed E-state index contributed by atoms with van der Waals surface area (Å²) in [5.74, 6) is 0. The first-order valence-corrected chi connectivity index (χ1v) is 6.68. The van der Waals surface area contributed by atoms with Gasteiger partial charge >= 0.3 is 0 Å². The number of halogens is 1. The standard InChI is InChI=1S/C12H27N2O6.ClH/c1-14(2,3)5-7(16)4-13-9-11(18)10(17)8(6-15)20-12(9)19;/h7-13,15-19H,4-6H2,1-3H3;1H/q+1;/p-1/t7?,8?,9?,10-,11+,12-;/m1./s1. The van der Waals surface area contributed by atoms with Crippen molar-refractivity contribution < 1.29 is 47.2 Å². The molecule has 0 saturated carbocycles. The summed E-state index contributed by atoms with van der Waals surface area (Å²) < 4.78 is 5.59. The maximum absolute atomic E-state index is 9.91. The van der Waals surface area contributed by atoms with Crippen LogP contribution < -0.4 is 17.7 Å². The van der Waals surface area contributed by atoms with Gasteiger partial charge in [-0.15, -0.1) is 0 Å². The molecule has 0 amide bonds. The van der Waals surface area contributed by atoms with Crippen LogP contribution in [0, 0.1) is 0 Å². The smallest absolute Gasteiger partial charge is 0.173 e. The van der Waals surface area contributed by atoms with Gasteiger partial charge < -0.3 is 52.5 Å². The normalized spacial score (nSPS) is 35.1. The van der Waals surface area contributed by atoms with E-state index < -0.39 is 43.4 Å². The molecule has 1 fully saturated rings. The Morgan fingerprint density at radius 1 is 1.14 bits per heavy atom. The molecule has 128 valence electrons. The summed E-state index contributed by atoms with van der Waals surface area (Å²) in [5, 5.41) is 51.0. The predicted molar refractivity (Wildman–Crippen MR) is 70.7 cm³/mol. The molecule has 0 radical (unpaired) electrons. The molecule has 1 aliphatic rings. The van der Waals surface area contributed by atoms with Gasteiger partial charge in [-0.05, 0) is 0 Å². The van der Waals surface area contributed by atoms with E-state index in [9.17, 15) is 20.4 Å². The molecule has 1 aliphatic heterocycles. The molecule has 0 aromatic rings. The molecule has 6 atom stereocenters. The van der Waals surface area contributed by atoms with Crippen LogP contribution in [0.5, 0.6) is 0 Å². The van der Waals surface area contributed by atoms with Gasteiger partial charge in [0.2, 0.25) is 0 Å². The van der Waals surface area contributed by atoms with Crippen molar-refractivity contribution in [3.8, 4) is 0 Å². The van der Waals surface area contributed by atoms with Crippen LogP contribution in [0.1, 0.15) is 0 Å². The molecule has 21 heavy (non-hydrogen) atoms. The number of nitrogens with one attached hydrogen (secondary N) is 1. The number of likely N-dealkylation sites (N-methyl/N-ethyl adjacent to an activating group) is 1. The minimum absolute atomic E-state index is 0. The lowest BCUT2D eigenvalue weighted by Crippen LogP contribution is -3.00. The van der Waals surface area contributed by atoms with Gasteiger partial charge in [-0.25, -0.2) is 0 Å². The Bertz CT molecular complexity index is 304. The lowest BCUT2D eigenvalue weighted by atomic mass is 9.97. The zero-order valence-corrected chi connectivity index (χ0v) is 13.3. The number of quaternary nitrogens is 1. The molecule has 1 saturated heterocycles. The molecule has 0 aromatic carbocycles. The molecule has 9 heteroatoms. The van der Waals surface area contributed by atoms with E-state index in [-0.39, 0.29) is 19.0 Å². The van der Waals surface area contributed by atoms with Gasteiger partial charge in [-0.2, -0.15) is 0 Å². The Morgan fingerprint density at radius 2 is 1.71 bits per heavy atom. The van der Waals surface area contributed by atoms with Gasteiger partial charge in [0.25, 0.3) is 0 Å². The third-order valence-corrected chi connectivity index (χ3v) is 3.25. The minimum atomic E-state index is -1.36. The Labute approximate surface area is 131 Å². The monoisotopic (exact) mass is 330 g/mol. The summed E-state index contributed by atoms with van der Waals surface area (Å²) in [5.41, 5.74) is 0. The first kappa shape index (κ1) is 21.0. The van der Waals surface area contributed by atoms with Crippen molar-refractivity contribution in [2.24, 2.45) is 0 Å². The average Bonchev–Trinajstić information content (AvgIpc) is 2.31. The molecule has 3 unspecified atom stereocenters. The van der Waals surface area contributed by atoms with Crippen LogP contribution in [0.15, 0.2) is 0 Å². The van der Waals surface area contributed by atoms with Gasteiger partial charge in [0.15, 0.2) is 6.29 Å². The van der Waals surface area contributed by atoms with Crippen LogP contribution in [-0.4, -0.2) is 108 Å². The fourth-order valence-electron chi connectivity index (χ4n) is 2.29. The van der Waals surface area contributed by atoms with E-state index in [1.54, 1.807) is 0 Å². The van der Waals surface area contributed by atoms with Crippen molar-refractivity contribution in [2.75, 3.05) is 40.8 Å². The van der Waals surface area contributed by atoms with E-state index in [2.05, 4.69) is 5.32 Å². The highest BCUT2D eigenvalue weighted by molar-refractivity contribution is 4.92. The first-order valence-electron chi connectivity index (χ1n) is 6.68. The summed E-state index contributed by atoms with van der Waals surface area (Å²) in [6, 6.07) is -0.921. The van der Waals surface area contributed by atoms with Crippen LogP contribution in [0.25, 0.3) is 0 Å². The molecule has 0 aliphatic carbocycles. The first-order chi connectivity index (χ1) is 9.15. The highest BCUT2D eigenvalue weighted by atomic mass is 35.5. The number of aliphatic hydroxyl groups is 5. The van der Waals surface area contributed by atoms with Gasteiger partial charge in [0.1, 0.15) is 31.0 Å². The molecule has 0 spiro atoms. The number of rotatable bonds is 6. The highest BCUT2D eigenvalue weighted by Crippen LogP contribution is 2.19. The van der Waals surface area contributed by atoms with Crippen molar-refractivity contribution >= 4 is 0 Å². The third-order valence-electron chi connectivity index (χ3n) is 3.25. The second-order valence-electron chi connectivity index (χ2n) is 6.29. The van der Waals surface area contributed by atoms with Crippen molar-refractivity contribution in [1.82, 2.24) is 5.32 Å². The van der Waals surface area contributed by atoms with Crippen LogP contribution in [0.4, 0.5) is 0 Å². The van der Waals surface area contributed by atoms with E-state index >= 15 is 0 Å². The topological polar surface area (TPSA) is 122 Å². The summed E-state index contributed by atoms with van der Waals surface area (Å²) in [4.78, 5) is 0. The predicted octanol–water partition coefficient (Wildman–Crippen LogP) is -6.55. The third kappa shape index (κ3) is 6.31. The van der Waals surface area contributed by atoms with Crippen molar-refractivity contribution in [3.05, 3.63) is 0 Å². The minimum Gasteiger partial charge on any atom is -1.00 e. The molecular weight excluding hydrogens is 304 g/mol. The lowest BCUT2D eigenvalue weighted by Gasteiger charge is -2.40. The van der Waals surface area contributed by atoms with Crippen molar-refractivity contribution in [1.29, 1.82) is 0 Å². The summed E-state index contributed by atoms with van der Waals surface area (Å²) >= 11 is 0. The Morgan fingerprint density at radius 3 is 2.19 bits per heavy atom. The maximum atomic E-state index is 9.91. The van der Waals surface area contributed by atoms with E-state index in [1.807, 2.05) is 21.1 Å². The summed E-state index contributed by atoms with van der Waals surface area (Å²) in [6.45, 7) is 0.148. The molecule has 1 heterocycles. The highest BCUT2D eigenvalue weighted by Gasteiger charge is 2.43. The molecule has 0 aromatic heterocycles. The zero-order valence-electron chi connectivity index (χ0n) is 12.6. The number of aliphatic hydroxyl groups excluding tert-OH is 5. The fraction of sp³-hybridized carbons (Fsp3) is 1.00. The van der Waals surface area contributed by atoms with Gasteiger partial charge in [-0.3, -0.25) is 0 Å².